The van der Waals surface area contributed by atoms with E-state index in [9.17, 15) is 4.57 Å². The summed E-state index contributed by atoms with van der Waals surface area (Å²) >= 11 is 0. The van der Waals surface area contributed by atoms with Crippen LogP contribution in [0.5, 0.6) is 0 Å². The summed E-state index contributed by atoms with van der Waals surface area (Å²) in [6, 6.07) is 28.8. The first-order valence-corrected chi connectivity index (χ1v) is 13.6. The van der Waals surface area contributed by atoms with Crippen molar-refractivity contribution in [1.82, 2.24) is 15.0 Å². The third-order valence-electron chi connectivity index (χ3n) is 6.17. The average molecular weight is 522 g/mol. The maximum absolute atomic E-state index is 13.8. The van der Waals surface area contributed by atoms with Gasteiger partial charge in [-0.05, 0) is 71.3 Å². The zero-order valence-corrected chi connectivity index (χ0v) is 21.3. The predicted octanol–water partition coefficient (Wildman–Crippen LogP) is 7.39. The molecule has 3 heterocycles. The molecule has 0 atom stereocenters. The molecule has 3 aromatic heterocycles. The molecule has 8 heteroatoms. The summed E-state index contributed by atoms with van der Waals surface area (Å²) in [6.07, 6.45) is 5.25. The summed E-state index contributed by atoms with van der Waals surface area (Å²) in [5, 5.41) is 2.92. The third-order valence-corrected chi connectivity index (χ3v) is 7.51. The van der Waals surface area contributed by atoms with Crippen LogP contribution in [0.3, 0.4) is 0 Å². The first kappa shape index (κ1) is 24.3. The first-order chi connectivity index (χ1) is 18.6. The van der Waals surface area contributed by atoms with Gasteiger partial charge in [-0.25, -0.2) is 4.57 Å². The molecular weight excluding hydrogens is 497 g/mol. The molecule has 0 aliphatic rings. The zero-order chi connectivity index (χ0) is 25.8. The van der Waals surface area contributed by atoms with Crippen LogP contribution in [0.25, 0.3) is 32.7 Å². The Balaban J connectivity index is 1.21. The van der Waals surface area contributed by atoms with Gasteiger partial charge >= 0.3 is 7.82 Å². The van der Waals surface area contributed by atoms with Crippen LogP contribution in [-0.4, -0.2) is 15.0 Å². The van der Waals surface area contributed by atoms with E-state index in [1.807, 2.05) is 91.0 Å². The fraction of sp³-hybridized carbons (Fsp3) is 0.100. The highest BCUT2D eigenvalue weighted by molar-refractivity contribution is 7.48. The van der Waals surface area contributed by atoms with E-state index in [-0.39, 0.29) is 19.8 Å². The number of nitrogens with zero attached hydrogens (tertiary/aromatic N) is 3. The monoisotopic (exact) mass is 521 g/mol. The molecule has 7 nitrogen and oxygen atoms in total. The van der Waals surface area contributed by atoms with E-state index in [2.05, 4.69) is 15.0 Å². The Kier molecular flexibility index (Phi) is 6.90. The van der Waals surface area contributed by atoms with Crippen LogP contribution in [0, 0.1) is 0 Å². The summed E-state index contributed by atoms with van der Waals surface area (Å²) in [7, 11) is -3.94. The predicted molar refractivity (Wildman–Crippen MR) is 147 cm³/mol. The molecule has 0 radical (unpaired) electrons. The van der Waals surface area contributed by atoms with Crippen molar-refractivity contribution in [3.05, 3.63) is 126 Å². The quantitative estimate of drug-likeness (QED) is 0.183. The number of hydrogen-bond acceptors (Lipinski definition) is 7. The lowest BCUT2D eigenvalue weighted by molar-refractivity contribution is 0.0979. The summed E-state index contributed by atoms with van der Waals surface area (Å²) in [6.45, 7) is 0.183. The highest BCUT2D eigenvalue weighted by atomic mass is 31.2. The maximum atomic E-state index is 13.8. The number of benzene rings is 3. The molecule has 3 aromatic carbocycles. The third kappa shape index (κ3) is 5.62. The smallest absolute Gasteiger partial charge is 0.282 e. The van der Waals surface area contributed by atoms with E-state index in [0.29, 0.717) is 0 Å². The van der Waals surface area contributed by atoms with Crippen molar-refractivity contribution in [2.75, 3.05) is 0 Å². The van der Waals surface area contributed by atoms with Gasteiger partial charge in [0.2, 0.25) is 0 Å². The minimum Gasteiger partial charge on any atom is -0.282 e. The molecule has 0 saturated heterocycles. The highest BCUT2D eigenvalue weighted by Crippen LogP contribution is 2.51. The van der Waals surface area contributed by atoms with Gasteiger partial charge in [-0.1, -0.05) is 36.4 Å². The van der Waals surface area contributed by atoms with E-state index in [1.165, 1.54) is 0 Å². The van der Waals surface area contributed by atoms with Crippen LogP contribution in [0.4, 0.5) is 0 Å². The van der Waals surface area contributed by atoms with Crippen molar-refractivity contribution < 1.29 is 18.1 Å². The van der Waals surface area contributed by atoms with Gasteiger partial charge in [0.1, 0.15) is 0 Å². The lowest BCUT2D eigenvalue weighted by Gasteiger charge is -2.19. The molecule has 38 heavy (non-hydrogen) atoms. The van der Waals surface area contributed by atoms with Crippen LogP contribution < -0.4 is 0 Å². The molecule has 0 unspecified atom stereocenters. The molecule has 0 aliphatic heterocycles. The number of pyridine rings is 3. The van der Waals surface area contributed by atoms with Crippen LogP contribution in [0.15, 0.2) is 110 Å². The average Bonchev–Trinajstić information content (AvgIpc) is 2.98. The minimum atomic E-state index is -3.94. The van der Waals surface area contributed by atoms with Gasteiger partial charge < -0.3 is 0 Å². The van der Waals surface area contributed by atoms with E-state index >= 15 is 0 Å². The van der Waals surface area contributed by atoms with Crippen LogP contribution in [0.1, 0.15) is 16.7 Å². The van der Waals surface area contributed by atoms with Crippen molar-refractivity contribution in [2.45, 2.75) is 19.8 Å². The van der Waals surface area contributed by atoms with E-state index in [0.717, 1.165) is 49.4 Å². The fourth-order valence-electron chi connectivity index (χ4n) is 4.22. The van der Waals surface area contributed by atoms with E-state index in [4.69, 9.17) is 13.6 Å². The Labute approximate surface area is 219 Å². The van der Waals surface area contributed by atoms with Crippen molar-refractivity contribution in [1.29, 1.82) is 0 Å². The molecule has 0 saturated carbocycles. The largest absolute Gasteiger partial charge is 0.475 e. The Morgan fingerprint density at radius 2 is 0.842 bits per heavy atom. The number of aromatic nitrogens is 3. The molecule has 0 aliphatic carbocycles. The molecule has 0 N–H and O–H groups in total. The van der Waals surface area contributed by atoms with Crippen LogP contribution >= 0.6 is 7.82 Å². The molecule has 188 valence electrons. The number of phosphoric ester groups is 1. The van der Waals surface area contributed by atoms with Crippen LogP contribution in [-0.2, 0) is 38.0 Å². The van der Waals surface area contributed by atoms with Gasteiger partial charge in [-0.2, -0.15) is 0 Å². The van der Waals surface area contributed by atoms with Crippen molar-refractivity contribution in [3.63, 3.8) is 0 Å². The molecule has 0 bridgehead atoms. The number of fused-ring (bicyclic) bond motifs is 3. The van der Waals surface area contributed by atoms with Gasteiger partial charge in [0.25, 0.3) is 0 Å². The lowest BCUT2D eigenvalue weighted by atomic mass is 10.1. The van der Waals surface area contributed by atoms with Crippen molar-refractivity contribution in [3.8, 4) is 0 Å². The Hall–Kier alpha value is -4.00. The van der Waals surface area contributed by atoms with Crippen molar-refractivity contribution >= 4 is 40.5 Å². The number of rotatable bonds is 9. The summed E-state index contributed by atoms with van der Waals surface area (Å²) in [4.78, 5) is 13.0. The molecular formula is C30H24N3O4P. The summed E-state index contributed by atoms with van der Waals surface area (Å²) in [5.41, 5.74) is 5.15. The molecule has 0 amide bonds. The Morgan fingerprint density at radius 1 is 0.500 bits per heavy atom. The van der Waals surface area contributed by atoms with E-state index in [1.54, 1.807) is 18.6 Å². The molecule has 6 aromatic rings. The van der Waals surface area contributed by atoms with Gasteiger partial charge in [-0.15, -0.1) is 0 Å². The summed E-state index contributed by atoms with van der Waals surface area (Å²) in [5.74, 6) is 0. The number of hydrogen-bond donors (Lipinski definition) is 0. The molecule has 0 spiro atoms. The number of phosphoric acid groups is 1. The zero-order valence-electron chi connectivity index (χ0n) is 20.4. The highest BCUT2D eigenvalue weighted by Gasteiger charge is 2.27. The van der Waals surface area contributed by atoms with Crippen LogP contribution in [0.2, 0.25) is 0 Å². The van der Waals surface area contributed by atoms with E-state index < -0.39 is 7.82 Å². The Morgan fingerprint density at radius 3 is 1.18 bits per heavy atom. The normalized spacial score (nSPS) is 11.9. The second-order valence-electron chi connectivity index (χ2n) is 8.86. The first-order valence-electron chi connectivity index (χ1n) is 12.2. The SMILES string of the molecule is O=P(OCc1ccc2ncccc2c1)(OCc1ccc2ncccc2c1)OCc1ccc2ncccc2c1. The molecule has 6 rings (SSSR count). The maximum Gasteiger partial charge on any atom is 0.475 e. The summed E-state index contributed by atoms with van der Waals surface area (Å²) < 4.78 is 31.4. The van der Waals surface area contributed by atoms with Crippen molar-refractivity contribution in [2.24, 2.45) is 0 Å². The Bertz CT molecular complexity index is 1590. The topological polar surface area (TPSA) is 83.4 Å². The standard InChI is InChI=1S/C30H24N3O4P/c34-38(35-19-22-7-10-28-25(16-22)4-1-13-31-28,36-20-23-8-11-29-26(17-23)5-2-14-32-29)37-21-24-9-12-30-27(18-24)6-3-15-33-30/h1-18H,19-21H2. The minimum absolute atomic E-state index is 0.0609. The van der Waals surface area contributed by atoms with Gasteiger partial charge in [0.15, 0.2) is 0 Å². The fourth-order valence-corrected chi connectivity index (χ4v) is 5.36. The van der Waals surface area contributed by atoms with Gasteiger partial charge in [-0.3, -0.25) is 28.5 Å². The second kappa shape index (κ2) is 10.8. The molecule has 0 fully saturated rings. The lowest BCUT2D eigenvalue weighted by Crippen LogP contribution is -2.02. The second-order valence-corrected chi connectivity index (χ2v) is 10.5. The van der Waals surface area contributed by atoms with Gasteiger partial charge in [0.05, 0.1) is 36.4 Å². The van der Waals surface area contributed by atoms with Gasteiger partial charge in [0, 0.05) is 34.7 Å².